The van der Waals surface area contributed by atoms with Crippen LogP contribution in [0.3, 0.4) is 0 Å². The second-order valence-corrected chi connectivity index (χ2v) is 4.49. The summed E-state index contributed by atoms with van der Waals surface area (Å²) >= 11 is 0. The third-order valence-electron chi connectivity index (χ3n) is 2.95. The topological polar surface area (TPSA) is 17.1 Å². The zero-order valence-electron chi connectivity index (χ0n) is 10.8. The predicted molar refractivity (Wildman–Crippen MR) is 66.0 cm³/mol. The first-order valence-corrected chi connectivity index (χ1v) is 5.88. The molecule has 2 aromatic rings. The number of carbonyl (C=O) groups is 1. The molecule has 2 rings (SSSR count). The van der Waals surface area contributed by atoms with Crippen LogP contribution in [0.2, 0.25) is 0 Å². The molecule has 110 valence electrons. The molecule has 0 amide bonds. The van der Waals surface area contributed by atoms with Crippen molar-refractivity contribution in [3.8, 4) is 0 Å². The van der Waals surface area contributed by atoms with Crippen molar-refractivity contribution in [2.45, 2.75) is 13.1 Å². The van der Waals surface area contributed by atoms with Crippen LogP contribution in [-0.4, -0.2) is 5.78 Å². The number of carbonyl (C=O) groups excluding carboxylic acids is 1. The molecule has 0 saturated heterocycles. The molecule has 21 heavy (non-hydrogen) atoms. The molecule has 0 heterocycles. The lowest BCUT2D eigenvalue weighted by Gasteiger charge is -2.09. The lowest BCUT2D eigenvalue weighted by atomic mass is 9.99. The third kappa shape index (κ3) is 3.09. The van der Waals surface area contributed by atoms with Crippen LogP contribution in [-0.2, 0) is 6.18 Å². The van der Waals surface area contributed by atoms with E-state index in [4.69, 9.17) is 0 Å². The largest absolute Gasteiger partial charge is 0.416 e. The fraction of sp³-hybridized carbons (Fsp3) is 0.133. The number of aryl methyl sites for hydroxylation is 1. The Balaban J connectivity index is 2.48. The van der Waals surface area contributed by atoms with Gasteiger partial charge in [-0.2, -0.15) is 13.2 Å². The normalized spacial score (nSPS) is 11.5. The Kier molecular flexibility index (Phi) is 3.80. The van der Waals surface area contributed by atoms with Crippen LogP contribution in [0.25, 0.3) is 0 Å². The monoisotopic (exact) mass is 300 g/mol. The van der Waals surface area contributed by atoms with Crippen molar-refractivity contribution in [1.29, 1.82) is 0 Å². The summed E-state index contributed by atoms with van der Waals surface area (Å²) in [7, 11) is 0. The highest BCUT2D eigenvalue weighted by molar-refractivity contribution is 6.09. The van der Waals surface area contributed by atoms with Crippen LogP contribution in [0, 0.1) is 18.6 Å². The first-order valence-electron chi connectivity index (χ1n) is 5.88. The van der Waals surface area contributed by atoms with Gasteiger partial charge in [0.15, 0.2) is 5.78 Å². The summed E-state index contributed by atoms with van der Waals surface area (Å²) in [6.45, 7) is 1.33. The zero-order valence-corrected chi connectivity index (χ0v) is 10.8. The van der Waals surface area contributed by atoms with E-state index in [9.17, 15) is 26.7 Å². The number of hydrogen-bond donors (Lipinski definition) is 0. The fourth-order valence-electron chi connectivity index (χ4n) is 1.82. The minimum atomic E-state index is -4.60. The van der Waals surface area contributed by atoms with Gasteiger partial charge in [0, 0.05) is 11.6 Å². The van der Waals surface area contributed by atoms with E-state index in [1.54, 1.807) is 0 Å². The van der Waals surface area contributed by atoms with Crippen molar-refractivity contribution >= 4 is 5.78 Å². The SMILES string of the molecule is Cc1cc(C(=O)c2cccc(C(F)(F)F)c2)c(F)cc1F. The van der Waals surface area contributed by atoms with E-state index in [1.807, 2.05) is 0 Å². The van der Waals surface area contributed by atoms with Crippen LogP contribution in [0.15, 0.2) is 36.4 Å². The summed E-state index contributed by atoms with van der Waals surface area (Å²) < 4.78 is 64.5. The molecule has 0 unspecified atom stereocenters. The van der Waals surface area contributed by atoms with Crippen LogP contribution in [0.1, 0.15) is 27.0 Å². The van der Waals surface area contributed by atoms with E-state index >= 15 is 0 Å². The number of hydrogen-bond acceptors (Lipinski definition) is 1. The molecule has 0 N–H and O–H groups in total. The highest BCUT2D eigenvalue weighted by Gasteiger charge is 2.31. The van der Waals surface area contributed by atoms with Gasteiger partial charge in [-0.15, -0.1) is 0 Å². The van der Waals surface area contributed by atoms with E-state index in [0.29, 0.717) is 12.1 Å². The highest BCUT2D eigenvalue weighted by atomic mass is 19.4. The minimum Gasteiger partial charge on any atom is -0.288 e. The van der Waals surface area contributed by atoms with Crippen LogP contribution >= 0.6 is 0 Å². The van der Waals surface area contributed by atoms with Gasteiger partial charge in [-0.1, -0.05) is 12.1 Å². The standard InChI is InChI=1S/C15H9F5O/c1-8-5-11(13(17)7-12(8)16)14(21)9-3-2-4-10(6-9)15(18,19)20/h2-7H,1H3. The van der Waals surface area contributed by atoms with Gasteiger partial charge >= 0.3 is 6.18 Å². The molecule has 0 aromatic heterocycles. The van der Waals surface area contributed by atoms with Crippen molar-refractivity contribution in [2.75, 3.05) is 0 Å². The molecule has 0 fully saturated rings. The molecule has 0 aliphatic heterocycles. The van der Waals surface area contributed by atoms with Crippen LogP contribution < -0.4 is 0 Å². The summed E-state index contributed by atoms with van der Waals surface area (Å²) in [5.41, 5.74) is -1.75. The fourth-order valence-corrected chi connectivity index (χ4v) is 1.82. The summed E-state index contributed by atoms with van der Waals surface area (Å²) in [6.07, 6.45) is -4.60. The maximum atomic E-state index is 13.6. The van der Waals surface area contributed by atoms with Gasteiger partial charge in [-0.05, 0) is 30.7 Å². The minimum absolute atomic E-state index is 0.0340. The van der Waals surface area contributed by atoms with E-state index in [0.717, 1.165) is 24.3 Å². The van der Waals surface area contributed by atoms with Gasteiger partial charge in [-0.3, -0.25) is 4.79 Å². The van der Waals surface area contributed by atoms with Crippen molar-refractivity contribution in [1.82, 2.24) is 0 Å². The molecular formula is C15H9F5O. The first-order chi connectivity index (χ1) is 9.70. The molecule has 0 radical (unpaired) electrons. The maximum absolute atomic E-state index is 13.6. The molecule has 0 aliphatic rings. The van der Waals surface area contributed by atoms with E-state index in [2.05, 4.69) is 0 Å². The number of ketones is 1. The molecule has 0 aliphatic carbocycles. The lowest BCUT2D eigenvalue weighted by molar-refractivity contribution is -0.137. The number of rotatable bonds is 2. The third-order valence-corrected chi connectivity index (χ3v) is 2.95. The Bertz CT molecular complexity index is 704. The Morgan fingerprint density at radius 1 is 1.00 bits per heavy atom. The molecule has 0 saturated carbocycles. The van der Waals surface area contributed by atoms with E-state index < -0.39 is 34.7 Å². The quantitative estimate of drug-likeness (QED) is 0.588. The lowest BCUT2D eigenvalue weighted by Crippen LogP contribution is -2.09. The Morgan fingerprint density at radius 3 is 2.29 bits per heavy atom. The summed E-state index contributed by atoms with van der Waals surface area (Å²) in [5, 5.41) is 0. The number of alkyl halides is 3. The van der Waals surface area contributed by atoms with Gasteiger partial charge in [0.25, 0.3) is 0 Å². The second kappa shape index (κ2) is 5.27. The van der Waals surface area contributed by atoms with Crippen molar-refractivity contribution < 1.29 is 26.7 Å². The van der Waals surface area contributed by atoms with Gasteiger partial charge in [0.1, 0.15) is 11.6 Å². The summed E-state index contributed by atoms with van der Waals surface area (Å²) in [4.78, 5) is 12.1. The molecule has 6 heteroatoms. The van der Waals surface area contributed by atoms with Gasteiger partial charge in [0.05, 0.1) is 11.1 Å². The van der Waals surface area contributed by atoms with E-state index in [1.165, 1.54) is 6.92 Å². The average Bonchev–Trinajstić information content (AvgIpc) is 2.41. The molecular weight excluding hydrogens is 291 g/mol. The Labute approximate surface area is 117 Å². The second-order valence-electron chi connectivity index (χ2n) is 4.49. The van der Waals surface area contributed by atoms with Gasteiger partial charge in [-0.25, -0.2) is 8.78 Å². The Morgan fingerprint density at radius 2 is 1.67 bits per heavy atom. The number of benzene rings is 2. The Hall–Kier alpha value is -2.24. The highest BCUT2D eigenvalue weighted by Crippen LogP contribution is 2.30. The van der Waals surface area contributed by atoms with Crippen LogP contribution in [0.5, 0.6) is 0 Å². The average molecular weight is 300 g/mol. The zero-order chi connectivity index (χ0) is 15.8. The molecule has 0 bridgehead atoms. The molecule has 1 nitrogen and oxygen atoms in total. The number of halogens is 5. The van der Waals surface area contributed by atoms with Crippen molar-refractivity contribution in [3.63, 3.8) is 0 Å². The van der Waals surface area contributed by atoms with Gasteiger partial charge in [0.2, 0.25) is 0 Å². The smallest absolute Gasteiger partial charge is 0.288 e. The summed E-state index contributed by atoms with van der Waals surface area (Å²) in [6, 6.07) is 5.17. The molecule has 0 atom stereocenters. The molecule has 2 aromatic carbocycles. The first kappa shape index (κ1) is 15.2. The van der Waals surface area contributed by atoms with Gasteiger partial charge < -0.3 is 0 Å². The summed E-state index contributed by atoms with van der Waals surface area (Å²) in [5.74, 6) is -2.87. The van der Waals surface area contributed by atoms with Crippen molar-refractivity contribution in [2.24, 2.45) is 0 Å². The van der Waals surface area contributed by atoms with E-state index in [-0.39, 0.29) is 11.1 Å². The molecule has 0 spiro atoms. The van der Waals surface area contributed by atoms with Crippen molar-refractivity contribution in [3.05, 3.63) is 70.3 Å². The predicted octanol–water partition coefficient (Wildman–Crippen LogP) is 4.52. The van der Waals surface area contributed by atoms with Crippen LogP contribution in [0.4, 0.5) is 22.0 Å². The maximum Gasteiger partial charge on any atom is 0.416 e.